The number of aryl methyl sites for hydroxylation is 1. The topological polar surface area (TPSA) is 45.5 Å². The largest absolute Gasteiger partial charge is 0.469 e. The van der Waals surface area contributed by atoms with Gasteiger partial charge >= 0.3 is 6.03 Å². The van der Waals surface area contributed by atoms with Gasteiger partial charge in [0.25, 0.3) is 0 Å². The van der Waals surface area contributed by atoms with Crippen LogP contribution in [0.2, 0.25) is 0 Å². The fourth-order valence-corrected chi connectivity index (χ4v) is 1.26. The number of amides is 2. The van der Waals surface area contributed by atoms with Crippen LogP contribution in [0.15, 0.2) is 16.7 Å². The monoisotopic (exact) mass is 210 g/mol. The summed E-state index contributed by atoms with van der Waals surface area (Å²) in [7, 11) is 1.77. The Balaban J connectivity index is 2.52. The van der Waals surface area contributed by atoms with Crippen LogP contribution in [0.5, 0.6) is 0 Å². The third kappa shape index (κ3) is 3.31. The van der Waals surface area contributed by atoms with Gasteiger partial charge in [-0.25, -0.2) is 4.79 Å². The van der Waals surface area contributed by atoms with Gasteiger partial charge < -0.3 is 14.6 Å². The molecule has 0 saturated carbocycles. The molecule has 0 unspecified atom stereocenters. The number of nitrogens with one attached hydrogen (secondary N) is 1. The van der Waals surface area contributed by atoms with E-state index in [1.165, 1.54) is 0 Å². The van der Waals surface area contributed by atoms with Crippen LogP contribution >= 0.6 is 0 Å². The van der Waals surface area contributed by atoms with Gasteiger partial charge in [-0.15, -0.1) is 0 Å². The van der Waals surface area contributed by atoms with Gasteiger partial charge in [-0.2, -0.15) is 0 Å². The van der Waals surface area contributed by atoms with E-state index in [1.54, 1.807) is 18.2 Å². The normalized spacial score (nSPS) is 10.5. The van der Waals surface area contributed by atoms with Crippen LogP contribution in [0.3, 0.4) is 0 Å². The van der Waals surface area contributed by atoms with Gasteiger partial charge in [0.1, 0.15) is 5.76 Å². The van der Waals surface area contributed by atoms with Crippen LogP contribution in [0, 0.1) is 6.92 Å². The van der Waals surface area contributed by atoms with Gasteiger partial charge in [0, 0.05) is 18.7 Å². The molecule has 0 aliphatic rings. The summed E-state index contributed by atoms with van der Waals surface area (Å²) in [6.07, 6.45) is 1.64. The molecule has 0 aromatic carbocycles. The second kappa shape index (κ2) is 4.87. The number of furan rings is 1. The molecule has 15 heavy (non-hydrogen) atoms. The van der Waals surface area contributed by atoms with Gasteiger partial charge in [0.15, 0.2) is 0 Å². The van der Waals surface area contributed by atoms with E-state index in [0.29, 0.717) is 6.54 Å². The molecule has 0 aliphatic heterocycles. The molecule has 0 fully saturated rings. The molecule has 1 N–H and O–H groups in total. The average molecular weight is 210 g/mol. The molecule has 1 rings (SSSR count). The fourth-order valence-electron chi connectivity index (χ4n) is 1.26. The van der Waals surface area contributed by atoms with E-state index in [0.717, 1.165) is 11.3 Å². The number of rotatable bonds is 3. The van der Waals surface area contributed by atoms with E-state index in [1.807, 2.05) is 26.8 Å². The Morgan fingerprint density at radius 1 is 1.60 bits per heavy atom. The van der Waals surface area contributed by atoms with Crippen molar-refractivity contribution in [1.29, 1.82) is 0 Å². The first-order valence-electron chi connectivity index (χ1n) is 5.05. The summed E-state index contributed by atoms with van der Waals surface area (Å²) in [6.45, 7) is 6.34. The van der Waals surface area contributed by atoms with Gasteiger partial charge in [-0.1, -0.05) is 0 Å². The Labute approximate surface area is 90.3 Å². The molecular weight excluding hydrogens is 192 g/mol. The Morgan fingerprint density at radius 2 is 2.27 bits per heavy atom. The zero-order chi connectivity index (χ0) is 11.4. The molecule has 0 aliphatic carbocycles. The fraction of sp³-hybridized carbons (Fsp3) is 0.545. The standard InChI is InChI=1S/C11H18N2O2/c1-8(2)12-11(14)13(4)7-10-5-6-15-9(10)3/h5-6,8H,7H2,1-4H3,(H,12,14). The first kappa shape index (κ1) is 11.6. The van der Waals surface area contributed by atoms with Crippen molar-refractivity contribution in [3.05, 3.63) is 23.7 Å². The summed E-state index contributed by atoms with van der Waals surface area (Å²) in [5.41, 5.74) is 1.04. The van der Waals surface area contributed by atoms with Gasteiger partial charge in [0.2, 0.25) is 0 Å². The molecule has 84 valence electrons. The summed E-state index contributed by atoms with van der Waals surface area (Å²) in [5, 5.41) is 2.83. The third-order valence-corrected chi connectivity index (χ3v) is 2.13. The highest BCUT2D eigenvalue weighted by molar-refractivity contribution is 5.74. The van der Waals surface area contributed by atoms with Gasteiger partial charge in [-0.05, 0) is 26.8 Å². The van der Waals surface area contributed by atoms with Crippen LogP contribution in [-0.4, -0.2) is 24.0 Å². The molecule has 1 heterocycles. The van der Waals surface area contributed by atoms with Crippen molar-refractivity contribution in [2.24, 2.45) is 0 Å². The number of hydrogen-bond acceptors (Lipinski definition) is 2. The summed E-state index contributed by atoms with van der Waals surface area (Å²) < 4.78 is 5.17. The SMILES string of the molecule is Cc1occc1CN(C)C(=O)NC(C)C. The van der Waals surface area contributed by atoms with E-state index < -0.39 is 0 Å². The molecular formula is C11H18N2O2. The van der Waals surface area contributed by atoms with Crippen LogP contribution in [-0.2, 0) is 6.54 Å². The Bertz CT molecular complexity index is 331. The highest BCUT2D eigenvalue weighted by Crippen LogP contribution is 2.10. The van der Waals surface area contributed by atoms with E-state index in [9.17, 15) is 4.79 Å². The number of carbonyl (C=O) groups is 1. The lowest BCUT2D eigenvalue weighted by Gasteiger charge is -2.19. The molecule has 0 bridgehead atoms. The van der Waals surface area contributed by atoms with E-state index in [4.69, 9.17) is 4.42 Å². The zero-order valence-electron chi connectivity index (χ0n) is 9.70. The predicted octanol–water partition coefficient (Wildman–Crippen LogP) is 2.14. The van der Waals surface area contributed by atoms with Crippen LogP contribution in [0.4, 0.5) is 4.79 Å². The lowest BCUT2D eigenvalue weighted by Crippen LogP contribution is -2.40. The van der Waals surface area contributed by atoms with Crippen molar-refractivity contribution in [2.75, 3.05) is 7.05 Å². The number of nitrogens with zero attached hydrogens (tertiary/aromatic N) is 1. The molecule has 0 atom stereocenters. The molecule has 0 radical (unpaired) electrons. The third-order valence-electron chi connectivity index (χ3n) is 2.13. The minimum absolute atomic E-state index is 0.0643. The lowest BCUT2D eigenvalue weighted by atomic mass is 10.2. The number of carbonyl (C=O) groups excluding carboxylic acids is 1. The van der Waals surface area contributed by atoms with E-state index >= 15 is 0 Å². The van der Waals surface area contributed by atoms with Crippen molar-refractivity contribution in [3.8, 4) is 0 Å². The maximum absolute atomic E-state index is 11.6. The Kier molecular flexibility index (Phi) is 3.77. The highest BCUT2D eigenvalue weighted by Gasteiger charge is 2.11. The minimum Gasteiger partial charge on any atom is -0.469 e. The van der Waals surface area contributed by atoms with Gasteiger partial charge in [0.05, 0.1) is 12.8 Å². The van der Waals surface area contributed by atoms with Crippen molar-refractivity contribution >= 4 is 6.03 Å². The Hall–Kier alpha value is -1.45. The van der Waals surface area contributed by atoms with Gasteiger partial charge in [-0.3, -0.25) is 0 Å². The molecule has 1 aromatic heterocycles. The predicted molar refractivity (Wildman–Crippen MR) is 58.6 cm³/mol. The first-order chi connectivity index (χ1) is 7.00. The van der Waals surface area contributed by atoms with Crippen molar-refractivity contribution in [2.45, 2.75) is 33.4 Å². The maximum Gasteiger partial charge on any atom is 0.317 e. The second-order valence-corrected chi connectivity index (χ2v) is 3.96. The average Bonchev–Trinajstić information content (AvgIpc) is 2.50. The number of urea groups is 1. The molecule has 1 aromatic rings. The van der Waals surface area contributed by atoms with Crippen molar-refractivity contribution in [1.82, 2.24) is 10.2 Å². The quantitative estimate of drug-likeness (QED) is 0.830. The van der Waals surface area contributed by atoms with Crippen LogP contribution in [0.1, 0.15) is 25.2 Å². The molecule has 0 spiro atoms. The second-order valence-electron chi connectivity index (χ2n) is 3.96. The minimum atomic E-state index is -0.0643. The first-order valence-corrected chi connectivity index (χ1v) is 5.05. The summed E-state index contributed by atoms with van der Waals surface area (Å²) >= 11 is 0. The summed E-state index contributed by atoms with van der Waals surface area (Å²) in [6, 6.07) is 1.98. The smallest absolute Gasteiger partial charge is 0.317 e. The zero-order valence-corrected chi connectivity index (χ0v) is 9.70. The van der Waals surface area contributed by atoms with Crippen LogP contribution in [0.25, 0.3) is 0 Å². The van der Waals surface area contributed by atoms with E-state index in [-0.39, 0.29) is 12.1 Å². The molecule has 0 saturated heterocycles. The molecule has 4 heteroatoms. The summed E-state index contributed by atoms with van der Waals surface area (Å²) in [5.74, 6) is 0.860. The number of hydrogen-bond donors (Lipinski definition) is 1. The maximum atomic E-state index is 11.6. The Morgan fingerprint density at radius 3 is 2.73 bits per heavy atom. The summed E-state index contributed by atoms with van der Waals surface area (Å²) in [4.78, 5) is 13.2. The van der Waals surface area contributed by atoms with Crippen molar-refractivity contribution < 1.29 is 9.21 Å². The van der Waals surface area contributed by atoms with Crippen molar-refractivity contribution in [3.63, 3.8) is 0 Å². The highest BCUT2D eigenvalue weighted by atomic mass is 16.3. The lowest BCUT2D eigenvalue weighted by molar-refractivity contribution is 0.204. The van der Waals surface area contributed by atoms with Crippen LogP contribution < -0.4 is 5.32 Å². The molecule has 4 nitrogen and oxygen atoms in total. The molecule has 2 amide bonds. The van der Waals surface area contributed by atoms with E-state index in [2.05, 4.69) is 5.32 Å².